The van der Waals surface area contributed by atoms with Gasteiger partial charge in [0.05, 0.1) is 35.0 Å². The number of hydrogen-bond acceptors (Lipinski definition) is 7. The zero-order valence-corrected chi connectivity index (χ0v) is 20.7. The second-order valence-corrected chi connectivity index (χ2v) is 9.71. The van der Waals surface area contributed by atoms with Crippen LogP contribution in [0, 0.1) is 0 Å². The van der Waals surface area contributed by atoms with Gasteiger partial charge in [0.2, 0.25) is 0 Å². The Hall–Kier alpha value is -3.02. The normalized spacial score (nSPS) is 15.0. The molecule has 0 radical (unpaired) electrons. The van der Waals surface area contributed by atoms with Crippen molar-refractivity contribution in [2.45, 2.75) is 25.4 Å². The topological polar surface area (TPSA) is 84.4 Å². The lowest BCUT2D eigenvalue weighted by Crippen LogP contribution is -2.36. The molecule has 36 heavy (non-hydrogen) atoms. The van der Waals surface area contributed by atoms with E-state index in [-0.39, 0.29) is 28.8 Å². The van der Waals surface area contributed by atoms with E-state index in [1.165, 1.54) is 6.20 Å². The molecule has 0 bridgehead atoms. The number of hydrogen-bond donors (Lipinski definition) is 1. The molecule has 1 saturated heterocycles. The third kappa shape index (κ3) is 6.21. The summed E-state index contributed by atoms with van der Waals surface area (Å²) in [7, 11) is 0. The lowest BCUT2D eigenvalue weighted by molar-refractivity contribution is -0.137. The van der Waals surface area contributed by atoms with Crippen LogP contribution >= 0.6 is 22.9 Å². The number of aromatic nitrogens is 2. The predicted molar refractivity (Wildman–Crippen MR) is 131 cm³/mol. The number of morpholine rings is 1. The smallest absolute Gasteiger partial charge is 0.378 e. The van der Waals surface area contributed by atoms with Gasteiger partial charge >= 0.3 is 6.18 Å². The van der Waals surface area contributed by atoms with Crippen LogP contribution in [0.5, 0.6) is 0 Å². The molecule has 2 aromatic heterocycles. The maximum absolute atomic E-state index is 13.1. The molecule has 1 atom stereocenters. The number of halogens is 4. The van der Waals surface area contributed by atoms with Gasteiger partial charge in [0.25, 0.3) is 5.91 Å². The molecule has 1 aliphatic rings. The zero-order valence-electron chi connectivity index (χ0n) is 19.1. The van der Waals surface area contributed by atoms with Crippen LogP contribution in [0.4, 0.5) is 24.7 Å². The van der Waals surface area contributed by atoms with Gasteiger partial charge < -0.3 is 15.0 Å². The molecule has 3 heterocycles. The van der Waals surface area contributed by atoms with Crippen molar-refractivity contribution in [3.05, 3.63) is 68.8 Å². The zero-order chi connectivity index (χ0) is 25.9. The third-order valence-corrected chi connectivity index (χ3v) is 7.14. The standard InChI is InChI=1S/C24H22ClF3N4O3S/c1-14(9-19(33)15-3-2-4-16(10-15)32-5-7-35-8-6-32)23-30-13-20(36-23)22(34)31-21-11-17(24(26,27)28)18(25)12-29-21/h2-4,10-14H,5-9H2,1H3,(H,29,31,34). The number of amides is 1. The Morgan fingerprint density at radius 3 is 2.67 bits per heavy atom. The number of nitrogens with one attached hydrogen (secondary N) is 1. The number of thiazole rings is 1. The highest BCUT2D eigenvalue weighted by Gasteiger charge is 2.34. The Morgan fingerprint density at radius 2 is 1.94 bits per heavy atom. The molecule has 1 amide bonds. The highest BCUT2D eigenvalue weighted by molar-refractivity contribution is 7.13. The van der Waals surface area contributed by atoms with Gasteiger partial charge in [-0.15, -0.1) is 11.3 Å². The predicted octanol–water partition coefficient (Wildman–Crippen LogP) is 5.68. The van der Waals surface area contributed by atoms with Crippen molar-refractivity contribution in [1.82, 2.24) is 9.97 Å². The molecular formula is C24H22ClF3N4O3S. The molecule has 1 aromatic carbocycles. The van der Waals surface area contributed by atoms with Crippen LogP contribution in [0.2, 0.25) is 5.02 Å². The number of pyridine rings is 1. The van der Waals surface area contributed by atoms with Crippen molar-refractivity contribution in [2.24, 2.45) is 0 Å². The number of ether oxygens (including phenoxy) is 1. The van der Waals surface area contributed by atoms with Gasteiger partial charge in [0, 0.05) is 42.9 Å². The van der Waals surface area contributed by atoms with Crippen molar-refractivity contribution in [1.29, 1.82) is 0 Å². The summed E-state index contributed by atoms with van der Waals surface area (Å²) in [5.41, 5.74) is 0.466. The van der Waals surface area contributed by atoms with Crippen LogP contribution in [-0.2, 0) is 10.9 Å². The lowest BCUT2D eigenvalue weighted by atomic mass is 9.99. The number of rotatable bonds is 7. The fraction of sp³-hybridized carbons (Fsp3) is 0.333. The molecule has 1 aliphatic heterocycles. The molecular weight excluding hydrogens is 517 g/mol. The van der Waals surface area contributed by atoms with Crippen LogP contribution in [0.25, 0.3) is 0 Å². The lowest BCUT2D eigenvalue weighted by Gasteiger charge is -2.29. The van der Waals surface area contributed by atoms with E-state index in [9.17, 15) is 22.8 Å². The van der Waals surface area contributed by atoms with Gasteiger partial charge in [0.1, 0.15) is 10.7 Å². The molecule has 0 spiro atoms. The Morgan fingerprint density at radius 1 is 1.19 bits per heavy atom. The van der Waals surface area contributed by atoms with Crippen molar-refractivity contribution >= 4 is 46.1 Å². The number of nitrogens with zero attached hydrogens (tertiary/aromatic N) is 3. The number of anilines is 2. The first-order chi connectivity index (χ1) is 17.1. The average Bonchev–Trinajstić information content (AvgIpc) is 3.36. The second kappa shape index (κ2) is 10.9. The molecule has 0 aliphatic carbocycles. The van der Waals surface area contributed by atoms with E-state index < -0.39 is 22.7 Å². The third-order valence-electron chi connectivity index (χ3n) is 5.61. The highest BCUT2D eigenvalue weighted by Crippen LogP contribution is 2.35. The largest absolute Gasteiger partial charge is 0.418 e. The summed E-state index contributed by atoms with van der Waals surface area (Å²) in [6, 6.07) is 8.13. The molecule has 0 saturated carbocycles. The molecule has 1 fully saturated rings. The Kier molecular flexibility index (Phi) is 7.91. The summed E-state index contributed by atoms with van der Waals surface area (Å²) in [4.78, 5) is 35.8. The Labute approximate surface area is 214 Å². The summed E-state index contributed by atoms with van der Waals surface area (Å²) < 4.78 is 44.6. The molecule has 1 N–H and O–H groups in total. The van der Waals surface area contributed by atoms with Gasteiger partial charge in [-0.05, 0) is 18.2 Å². The van der Waals surface area contributed by atoms with E-state index in [1.54, 1.807) is 6.07 Å². The summed E-state index contributed by atoms with van der Waals surface area (Å²) in [5, 5.41) is 2.34. The maximum atomic E-state index is 13.1. The number of Topliss-reactive ketones (excluding diaryl/α,β-unsaturated/α-hetero) is 1. The number of benzene rings is 1. The number of alkyl halides is 3. The van der Waals surface area contributed by atoms with E-state index in [0.717, 1.165) is 36.3 Å². The van der Waals surface area contributed by atoms with E-state index in [2.05, 4.69) is 20.2 Å². The van der Waals surface area contributed by atoms with Gasteiger partial charge in [-0.3, -0.25) is 9.59 Å². The van der Waals surface area contributed by atoms with Gasteiger partial charge in [-0.1, -0.05) is 30.7 Å². The minimum atomic E-state index is -4.68. The second-order valence-electron chi connectivity index (χ2n) is 8.24. The first-order valence-corrected chi connectivity index (χ1v) is 12.3. The quantitative estimate of drug-likeness (QED) is 0.390. The van der Waals surface area contributed by atoms with Crippen LogP contribution in [0.3, 0.4) is 0 Å². The van der Waals surface area contributed by atoms with Crippen LogP contribution in [-0.4, -0.2) is 48.0 Å². The summed E-state index contributed by atoms with van der Waals surface area (Å²) in [6.45, 7) is 4.65. The van der Waals surface area contributed by atoms with E-state index in [0.29, 0.717) is 29.9 Å². The van der Waals surface area contributed by atoms with Crippen molar-refractivity contribution in [2.75, 3.05) is 36.5 Å². The van der Waals surface area contributed by atoms with Gasteiger partial charge in [0.15, 0.2) is 5.78 Å². The number of carbonyl (C=O) groups is 2. The SMILES string of the molecule is CC(CC(=O)c1cccc(N2CCOCC2)c1)c1ncc(C(=O)Nc2cc(C(F)(F)F)c(Cl)cn2)s1. The summed E-state index contributed by atoms with van der Waals surface area (Å²) >= 11 is 6.64. The summed E-state index contributed by atoms with van der Waals surface area (Å²) in [6.07, 6.45) is -2.33. The molecule has 190 valence electrons. The summed E-state index contributed by atoms with van der Waals surface area (Å²) in [5.74, 6) is -1.25. The highest BCUT2D eigenvalue weighted by atomic mass is 35.5. The average molecular weight is 539 g/mol. The number of ketones is 1. The van der Waals surface area contributed by atoms with Gasteiger partial charge in [-0.25, -0.2) is 9.97 Å². The van der Waals surface area contributed by atoms with Crippen molar-refractivity contribution in [3.8, 4) is 0 Å². The van der Waals surface area contributed by atoms with Crippen LogP contribution in [0.1, 0.15) is 49.9 Å². The molecule has 3 aromatic rings. The van der Waals surface area contributed by atoms with E-state index in [4.69, 9.17) is 16.3 Å². The first-order valence-electron chi connectivity index (χ1n) is 11.1. The maximum Gasteiger partial charge on any atom is 0.418 e. The monoisotopic (exact) mass is 538 g/mol. The minimum absolute atomic E-state index is 0.0520. The minimum Gasteiger partial charge on any atom is -0.378 e. The first kappa shape index (κ1) is 26.1. The Bertz CT molecular complexity index is 1260. The van der Waals surface area contributed by atoms with Crippen LogP contribution < -0.4 is 10.2 Å². The molecule has 7 nitrogen and oxygen atoms in total. The fourth-order valence-electron chi connectivity index (χ4n) is 3.70. The number of carbonyl (C=O) groups excluding carboxylic acids is 2. The fourth-order valence-corrected chi connectivity index (χ4v) is 4.78. The van der Waals surface area contributed by atoms with Crippen molar-refractivity contribution in [3.63, 3.8) is 0 Å². The molecule has 4 rings (SSSR count). The molecule has 1 unspecified atom stereocenters. The van der Waals surface area contributed by atoms with E-state index >= 15 is 0 Å². The van der Waals surface area contributed by atoms with Gasteiger partial charge in [-0.2, -0.15) is 13.2 Å². The molecule has 12 heteroatoms. The van der Waals surface area contributed by atoms with E-state index in [1.807, 2.05) is 25.1 Å². The van der Waals surface area contributed by atoms with Crippen LogP contribution in [0.15, 0.2) is 42.7 Å². The van der Waals surface area contributed by atoms with Crippen molar-refractivity contribution < 1.29 is 27.5 Å². The Balaban J connectivity index is 1.40.